The van der Waals surface area contributed by atoms with Gasteiger partial charge in [0.25, 0.3) is 5.91 Å². The standard InChI is InChI=1S/C15H11F2N5.C6H12.C3H8N4O/c1-22-3-2-8-13(18)20-14(21-15(8)22)10-6-19-12-9(10)4-7(16)5-11(12)17;1-2-4-6-5-3-1;4-2(1-7-6)3(5)8/h2-6,19H,1H3,(H2,18,20,21);1-6H2;1,7H,4,6H2,(H2,5,8)/b;;2-1-. The first-order valence-electron chi connectivity index (χ1n) is 11.5. The number of hydrazine groups is 1. The molecule has 1 aliphatic carbocycles. The maximum Gasteiger partial charge on any atom is 0.266 e. The fourth-order valence-electron chi connectivity index (χ4n) is 3.84. The van der Waals surface area contributed by atoms with Crippen LogP contribution in [-0.4, -0.2) is 25.4 Å². The van der Waals surface area contributed by atoms with Crippen LogP contribution in [0, 0.1) is 11.6 Å². The van der Waals surface area contributed by atoms with E-state index in [1.54, 1.807) is 6.20 Å². The van der Waals surface area contributed by atoms with Gasteiger partial charge in [-0.1, -0.05) is 38.5 Å². The fraction of sp³-hybridized carbons (Fsp3) is 0.292. The number of amides is 1. The molecule has 10 N–H and O–H groups in total. The molecule has 5 rings (SSSR count). The number of carbonyl (C=O) groups excluding carboxylic acids is 1. The maximum atomic E-state index is 13.8. The normalized spacial score (nSPS) is 13.5. The summed E-state index contributed by atoms with van der Waals surface area (Å²) >= 11 is 0. The van der Waals surface area contributed by atoms with Gasteiger partial charge in [-0.15, -0.1) is 0 Å². The highest BCUT2D eigenvalue weighted by molar-refractivity contribution is 5.96. The zero-order chi connectivity index (χ0) is 26.2. The highest BCUT2D eigenvalue weighted by Crippen LogP contribution is 2.31. The van der Waals surface area contributed by atoms with Crippen LogP contribution in [0.2, 0.25) is 0 Å². The Balaban J connectivity index is 0.000000212. The average molecular weight is 500 g/mol. The highest BCUT2D eigenvalue weighted by atomic mass is 19.1. The van der Waals surface area contributed by atoms with Crippen molar-refractivity contribution in [3.05, 3.63) is 54.1 Å². The molecule has 0 aliphatic heterocycles. The number of aromatic amines is 1. The monoisotopic (exact) mass is 499 g/mol. The van der Waals surface area contributed by atoms with Crippen molar-refractivity contribution in [3.8, 4) is 11.4 Å². The molecule has 0 radical (unpaired) electrons. The van der Waals surface area contributed by atoms with E-state index in [0.717, 1.165) is 17.7 Å². The van der Waals surface area contributed by atoms with Crippen LogP contribution in [-0.2, 0) is 11.8 Å². The van der Waals surface area contributed by atoms with Crippen molar-refractivity contribution in [3.63, 3.8) is 0 Å². The highest BCUT2D eigenvalue weighted by Gasteiger charge is 2.16. The second kappa shape index (κ2) is 12.0. The number of halogens is 2. The Bertz CT molecular complexity index is 1360. The summed E-state index contributed by atoms with van der Waals surface area (Å²) in [4.78, 5) is 21.5. The summed E-state index contributed by atoms with van der Waals surface area (Å²) in [7, 11) is 1.84. The lowest BCUT2D eigenvalue weighted by atomic mass is 10.0. The van der Waals surface area contributed by atoms with Crippen LogP contribution >= 0.6 is 0 Å². The molecule has 4 aromatic rings. The van der Waals surface area contributed by atoms with E-state index in [0.29, 0.717) is 28.2 Å². The molecule has 3 heterocycles. The number of hydrogen-bond acceptors (Lipinski definition) is 7. The lowest BCUT2D eigenvalue weighted by molar-refractivity contribution is -0.114. The van der Waals surface area contributed by atoms with Crippen LogP contribution in [0.5, 0.6) is 0 Å². The number of hydrogen-bond donors (Lipinski definition) is 6. The zero-order valence-electron chi connectivity index (χ0n) is 20.0. The van der Waals surface area contributed by atoms with E-state index in [2.05, 4.69) is 20.4 Å². The third-order valence-corrected chi connectivity index (χ3v) is 5.72. The zero-order valence-corrected chi connectivity index (χ0v) is 20.0. The molecule has 3 aromatic heterocycles. The van der Waals surface area contributed by atoms with Crippen molar-refractivity contribution < 1.29 is 13.6 Å². The molecule has 10 nitrogen and oxygen atoms in total. The number of nitrogens with two attached hydrogens (primary N) is 4. The molecule has 1 fully saturated rings. The van der Waals surface area contributed by atoms with Gasteiger partial charge in [-0.25, -0.2) is 18.7 Å². The van der Waals surface area contributed by atoms with Crippen molar-refractivity contribution in [2.24, 2.45) is 24.4 Å². The summed E-state index contributed by atoms with van der Waals surface area (Å²) in [5, 5.41) is 1.12. The molecule has 1 aromatic carbocycles. The minimum atomic E-state index is -0.692. The summed E-state index contributed by atoms with van der Waals surface area (Å²) in [6, 6.07) is 3.90. The molecule has 0 saturated heterocycles. The van der Waals surface area contributed by atoms with Crippen LogP contribution in [0.15, 0.2) is 42.5 Å². The van der Waals surface area contributed by atoms with Gasteiger partial charge in [0, 0.05) is 42.7 Å². The molecule has 0 bridgehead atoms. The second-order valence-corrected chi connectivity index (χ2v) is 8.36. The van der Waals surface area contributed by atoms with Gasteiger partial charge in [0.1, 0.15) is 28.8 Å². The van der Waals surface area contributed by atoms with E-state index in [-0.39, 0.29) is 11.2 Å². The number of H-pyrrole nitrogens is 1. The van der Waals surface area contributed by atoms with Gasteiger partial charge in [-0.2, -0.15) is 0 Å². The maximum absolute atomic E-state index is 13.8. The Labute approximate surface area is 206 Å². The molecule has 1 amide bonds. The fourth-order valence-corrected chi connectivity index (χ4v) is 3.84. The molecule has 0 unspecified atom stereocenters. The predicted octanol–water partition coefficient (Wildman–Crippen LogP) is 3.05. The van der Waals surface area contributed by atoms with Crippen molar-refractivity contribution >= 4 is 33.7 Å². The molecular weight excluding hydrogens is 468 g/mol. The van der Waals surface area contributed by atoms with Gasteiger partial charge < -0.3 is 32.2 Å². The molecule has 0 spiro atoms. The number of benzene rings is 1. The molecule has 1 saturated carbocycles. The van der Waals surface area contributed by atoms with Crippen LogP contribution < -0.4 is 28.5 Å². The van der Waals surface area contributed by atoms with E-state index in [4.69, 9.17) is 23.0 Å². The van der Waals surface area contributed by atoms with E-state index in [1.165, 1.54) is 44.6 Å². The third kappa shape index (κ3) is 6.27. The molecular formula is C24H31F2N9O. The number of aromatic nitrogens is 4. The van der Waals surface area contributed by atoms with Gasteiger partial charge in [-0.3, -0.25) is 10.6 Å². The molecule has 0 atom stereocenters. The average Bonchev–Trinajstić information content (AvgIpc) is 3.45. The van der Waals surface area contributed by atoms with Gasteiger partial charge >= 0.3 is 0 Å². The third-order valence-electron chi connectivity index (χ3n) is 5.72. The van der Waals surface area contributed by atoms with E-state index in [9.17, 15) is 13.6 Å². The number of fused-ring (bicyclic) bond motifs is 2. The molecule has 12 heteroatoms. The SMILES string of the molecule is C1CCCCC1.Cn1ccc2c(N)nc(-c3c[nH]c4c(F)cc(F)cc34)nc21.NN/C=C(\N)C(N)=O. The first kappa shape index (κ1) is 26.4. The van der Waals surface area contributed by atoms with Crippen LogP contribution in [0.4, 0.5) is 14.6 Å². The van der Waals surface area contributed by atoms with Crippen LogP contribution in [0.3, 0.4) is 0 Å². The Hall–Kier alpha value is -4.19. The van der Waals surface area contributed by atoms with Gasteiger partial charge in [-0.05, 0) is 12.1 Å². The van der Waals surface area contributed by atoms with Crippen LogP contribution in [0.1, 0.15) is 38.5 Å². The molecule has 36 heavy (non-hydrogen) atoms. The molecule has 1 aliphatic rings. The number of nitrogens with zero attached hydrogens (tertiary/aromatic N) is 3. The van der Waals surface area contributed by atoms with E-state index in [1.807, 2.05) is 23.9 Å². The van der Waals surface area contributed by atoms with Crippen molar-refractivity contribution in [1.29, 1.82) is 0 Å². The minimum Gasteiger partial charge on any atom is -0.393 e. The number of rotatable bonds is 3. The quantitative estimate of drug-likeness (QED) is 0.142. The number of primary amides is 1. The lowest BCUT2D eigenvalue weighted by Crippen LogP contribution is -2.25. The number of aryl methyl sites for hydroxylation is 1. The van der Waals surface area contributed by atoms with Crippen LogP contribution in [0.25, 0.3) is 33.3 Å². The lowest BCUT2D eigenvalue weighted by Gasteiger charge is -2.05. The summed E-state index contributed by atoms with van der Waals surface area (Å²) in [6.07, 6.45) is 13.5. The number of nitrogen functional groups attached to an aromatic ring is 1. The first-order valence-corrected chi connectivity index (χ1v) is 11.5. The predicted molar refractivity (Wildman–Crippen MR) is 137 cm³/mol. The second-order valence-electron chi connectivity index (χ2n) is 8.36. The summed E-state index contributed by atoms with van der Waals surface area (Å²) in [6.45, 7) is 0. The Morgan fingerprint density at radius 2 is 1.72 bits per heavy atom. The number of carbonyl (C=O) groups is 1. The van der Waals surface area contributed by atoms with Crippen molar-refractivity contribution in [2.75, 3.05) is 5.73 Å². The Morgan fingerprint density at radius 1 is 1.08 bits per heavy atom. The van der Waals surface area contributed by atoms with Gasteiger partial charge in [0.2, 0.25) is 0 Å². The topological polar surface area (TPSA) is 180 Å². The van der Waals surface area contributed by atoms with E-state index >= 15 is 0 Å². The summed E-state index contributed by atoms with van der Waals surface area (Å²) in [5.74, 6) is 3.40. The smallest absolute Gasteiger partial charge is 0.266 e. The van der Waals surface area contributed by atoms with Crippen molar-refractivity contribution in [2.45, 2.75) is 38.5 Å². The number of anilines is 1. The Morgan fingerprint density at radius 3 is 2.28 bits per heavy atom. The number of nitrogens with one attached hydrogen (secondary N) is 2. The van der Waals surface area contributed by atoms with Gasteiger partial charge in [0.15, 0.2) is 5.82 Å². The molecule has 192 valence electrons. The minimum absolute atomic E-state index is 0.0903. The van der Waals surface area contributed by atoms with Gasteiger partial charge in [0.05, 0.1) is 10.9 Å². The summed E-state index contributed by atoms with van der Waals surface area (Å²) < 4.78 is 29.1. The van der Waals surface area contributed by atoms with Crippen molar-refractivity contribution in [1.82, 2.24) is 24.9 Å². The van der Waals surface area contributed by atoms with E-state index < -0.39 is 17.5 Å². The largest absolute Gasteiger partial charge is 0.393 e. The first-order chi connectivity index (χ1) is 17.2. The summed E-state index contributed by atoms with van der Waals surface area (Å²) in [5.41, 5.74) is 19.0. The Kier molecular flexibility index (Phi) is 8.79.